The highest BCUT2D eigenvalue weighted by atomic mass is 79.9. The van der Waals surface area contributed by atoms with Gasteiger partial charge in [0.2, 0.25) is 5.91 Å². The second-order valence-corrected chi connectivity index (χ2v) is 6.06. The van der Waals surface area contributed by atoms with Gasteiger partial charge in [0.25, 0.3) is 5.91 Å². The Hall–Kier alpha value is -1.47. The molecule has 0 spiro atoms. The van der Waals surface area contributed by atoms with Crippen LogP contribution in [0.15, 0.2) is 22.7 Å². The van der Waals surface area contributed by atoms with Gasteiger partial charge in [-0.05, 0) is 25.1 Å². The Morgan fingerprint density at radius 3 is 2.59 bits per heavy atom. The number of nitrogens with zero attached hydrogens (tertiary/aromatic N) is 2. The maximum absolute atomic E-state index is 13.8. The Labute approximate surface area is 137 Å². The molecule has 1 aromatic carbocycles. The molecule has 0 atom stereocenters. The van der Waals surface area contributed by atoms with Crippen LogP contribution >= 0.6 is 15.9 Å². The maximum Gasteiger partial charge on any atom is 0.256 e. The molecule has 5 nitrogen and oxygen atoms in total. The molecule has 7 heteroatoms. The van der Waals surface area contributed by atoms with Gasteiger partial charge in [0.15, 0.2) is 0 Å². The van der Waals surface area contributed by atoms with Crippen LogP contribution in [0.2, 0.25) is 0 Å². The first kappa shape index (κ1) is 16.9. The lowest BCUT2D eigenvalue weighted by Crippen LogP contribution is -2.51. The molecule has 0 saturated carbocycles. The van der Waals surface area contributed by atoms with Crippen molar-refractivity contribution in [3.8, 4) is 0 Å². The summed E-state index contributed by atoms with van der Waals surface area (Å²) in [6.07, 6.45) is 0. The first-order chi connectivity index (χ1) is 10.5. The van der Waals surface area contributed by atoms with Gasteiger partial charge in [-0.1, -0.05) is 15.9 Å². The number of carbonyl (C=O) groups excluding carboxylic acids is 2. The smallest absolute Gasteiger partial charge is 0.256 e. The van der Waals surface area contributed by atoms with Crippen molar-refractivity contribution in [1.82, 2.24) is 15.1 Å². The Morgan fingerprint density at radius 2 is 1.95 bits per heavy atom. The summed E-state index contributed by atoms with van der Waals surface area (Å²) >= 11 is 3.25. The number of likely N-dealkylation sites (N-methyl/N-ethyl adjacent to an activating group) is 1. The topological polar surface area (TPSA) is 52.7 Å². The number of amides is 2. The van der Waals surface area contributed by atoms with Crippen LogP contribution in [0, 0.1) is 5.82 Å². The molecule has 1 aliphatic rings. The van der Waals surface area contributed by atoms with Crippen molar-refractivity contribution < 1.29 is 14.0 Å². The number of carbonyl (C=O) groups is 2. The van der Waals surface area contributed by atoms with Gasteiger partial charge in [0, 0.05) is 37.2 Å². The van der Waals surface area contributed by atoms with Crippen LogP contribution in [-0.2, 0) is 4.79 Å². The average Bonchev–Trinajstić information content (AvgIpc) is 2.50. The zero-order chi connectivity index (χ0) is 16.1. The molecule has 120 valence electrons. The molecule has 0 bridgehead atoms. The molecule has 1 saturated heterocycles. The lowest BCUT2D eigenvalue weighted by atomic mass is 10.1. The van der Waals surface area contributed by atoms with Crippen LogP contribution in [-0.4, -0.2) is 60.9 Å². The minimum atomic E-state index is -0.516. The number of rotatable bonds is 4. The van der Waals surface area contributed by atoms with Crippen LogP contribution in [0.5, 0.6) is 0 Å². The van der Waals surface area contributed by atoms with Crippen molar-refractivity contribution in [2.45, 2.75) is 6.92 Å². The molecule has 1 fully saturated rings. The molecule has 1 aromatic rings. The van der Waals surface area contributed by atoms with E-state index in [4.69, 9.17) is 0 Å². The Morgan fingerprint density at radius 1 is 1.27 bits per heavy atom. The van der Waals surface area contributed by atoms with Crippen molar-refractivity contribution in [1.29, 1.82) is 0 Å². The van der Waals surface area contributed by atoms with E-state index in [2.05, 4.69) is 21.2 Å². The molecular formula is C15H19BrFN3O2. The van der Waals surface area contributed by atoms with Crippen molar-refractivity contribution >= 4 is 27.7 Å². The van der Waals surface area contributed by atoms with Crippen LogP contribution in [0.4, 0.5) is 4.39 Å². The molecule has 2 amide bonds. The molecule has 0 radical (unpaired) electrons. The van der Waals surface area contributed by atoms with Gasteiger partial charge in [0.1, 0.15) is 5.82 Å². The van der Waals surface area contributed by atoms with Crippen LogP contribution in [0.1, 0.15) is 17.3 Å². The summed E-state index contributed by atoms with van der Waals surface area (Å²) in [4.78, 5) is 27.5. The minimum absolute atomic E-state index is 0.0136. The quantitative estimate of drug-likeness (QED) is 0.871. The summed E-state index contributed by atoms with van der Waals surface area (Å²) in [5, 5.41) is 2.75. The van der Waals surface area contributed by atoms with E-state index in [1.807, 2.05) is 11.8 Å². The van der Waals surface area contributed by atoms with E-state index < -0.39 is 5.82 Å². The van der Waals surface area contributed by atoms with E-state index in [0.717, 1.165) is 0 Å². The highest BCUT2D eigenvalue weighted by Gasteiger charge is 2.25. The number of hydrogen-bond donors (Lipinski definition) is 1. The van der Waals surface area contributed by atoms with Gasteiger partial charge in [0.05, 0.1) is 12.1 Å². The normalized spacial score (nSPS) is 15.7. The summed E-state index contributed by atoms with van der Waals surface area (Å²) in [5.41, 5.74) is 0.0755. The molecule has 2 rings (SSSR count). The summed E-state index contributed by atoms with van der Waals surface area (Å²) in [7, 11) is 0. The van der Waals surface area contributed by atoms with Gasteiger partial charge >= 0.3 is 0 Å². The summed E-state index contributed by atoms with van der Waals surface area (Å²) in [6.45, 7) is 5.02. The zero-order valence-electron chi connectivity index (χ0n) is 12.4. The molecular weight excluding hydrogens is 353 g/mol. The Kier molecular flexibility index (Phi) is 5.90. The van der Waals surface area contributed by atoms with Crippen LogP contribution in [0.25, 0.3) is 0 Å². The van der Waals surface area contributed by atoms with E-state index in [1.54, 1.807) is 11.0 Å². The van der Waals surface area contributed by atoms with Gasteiger partial charge in [-0.2, -0.15) is 0 Å². The fourth-order valence-corrected chi connectivity index (χ4v) is 2.76. The second-order valence-electron chi connectivity index (χ2n) is 5.15. The third-order valence-electron chi connectivity index (χ3n) is 3.56. The lowest BCUT2D eigenvalue weighted by molar-refractivity contribution is -0.122. The highest BCUT2D eigenvalue weighted by molar-refractivity contribution is 9.10. The third kappa shape index (κ3) is 4.27. The van der Waals surface area contributed by atoms with Crippen molar-refractivity contribution in [3.63, 3.8) is 0 Å². The standard InChI is InChI=1S/C15H19BrFN3O2/c1-2-18-14(21)10-19-5-7-20(8-6-19)15(22)12-9-11(16)3-4-13(12)17/h3-4,9H,2,5-8,10H2,1H3,(H,18,21). The molecule has 22 heavy (non-hydrogen) atoms. The summed E-state index contributed by atoms with van der Waals surface area (Å²) in [5.74, 6) is -0.838. The molecule has 1 heterocycles. The maximum atomic E-state index is 13.8. The molecule has 0 aliphatic carbocycles. The van der Waals surface area contributed by atoms with Crippen LogP contribution < -0.4 is 5.32 Å². The first-order valence-corrected chi connectivity index (χ1v) is 8.04. The van der Waals surface area contributed by atoms with Crippen LogP contribution in [0.3, 0.4) is 0 Å². The summed E-state index contributed by atoms with van der Waals surface area (Å²) in [6, 6.07) is 4.35. The Balaban J connectivity index is 1.92. The molecule has 0 aromatic heterocycles. The van der Waals surface area contributed by atoms with Gasteiger partial charge < -0.3 is 10.2 Å². The van der Waals surface area contributed by atoms with Crippen molar-refractivity contribution in [3.05, 3.63) is 34.1 Å². The minimum Gasteiger partial charge on any atom is -0.355 e. The SMILES string of the molecule is CCNC(=O)CN1CCN(C(=O)c2cc(Br)ccc2F)CC1. The summed E-state index contributed by atoms with van der Waals surface area (Å²) < 4.78 is 14.5. The molecule has 1 N–H and O–H groups in total. The molecule has 1 aliphatic heterocycles. The van der Waals surface area contributed by atoms with Crippen molar-refractivity contribution in [2.75, 3.05) is 39.3 Å². The third-order valence-corrected chi connectivity index (χ3v) is 4.05. The fourth-order valence-electron chi connectivity index (χ4n) is 2.40. The largest absolute Gasteiger partial charge is 0.355 e. The van der Waals surface area contributed by atoms with Gasteiger partial charge in [-0.25, -0.2) is 4.39 Å². The monoisotopic (exact) mass is 371 g/mol. The Bertz CT molecular complexity index is 560. The van der Waals surface area contributed by atoms with E-state index in [9.17, 15) is 14.0 Å². The number of piperazine rings is 1. The van der Waals surface area contributed by atoms with E-state index in [-0.39, 0.29) is 17.4 Å². The van der Waals surface area contributed by atoms with E-state index >= 15 is 0 Å². The lowest BCUT2D eigenvalue weighted by Gasteiger charge is -2.34. The average molecular weight is 372 g/mol. The number of benzene rings is 1. The predicted octanol–water partition coefficient (Wildman–Crippen LogP) is 1.48. The molecule has 0 unspecified atom stereocenters. The highest BCUT2D eigenvalue weighted by Crippen LogP contribution is 2.18. The number of halogens is 2. The number of hydrogen-bond acceptors (Lipinski definition) is 3. The van der Waals surface area contributed by atoms with Gasteiger partial charge in [-0.3, -0.25) is 14.5 Å². The van der Waals surface area contributed by atoms with E-state index in [0.29, 0.717) is 43.7 Å². The van der Waals surface area contributed by atoms with Gasteiger partial charge in [-0.15, -0.1) is 0 Å². The van der Waals surface area contributed by atoms with E-state index in [1.165, 1.54) is 12.1 Å². The first-order valence-electron chi connectivity index (χ1n) is 7.24. The second kappa shape index (κ2) is 7.69. The zero-order valence-corrected chi connectivity index (χ0v) is 14.0. The number of nitrogens with one attached hydrogen (secondary N) is 1. The predicted molar refractivity (Wildman–Crippen MR) is 85.1 cm³/mol. The fraction of sp³-hybridized carbons (Fsp3) is 0.467. The van der Waals surface area contributed by atoms with Crippen molar-refractivity contribution in [2.24, 2.45) is 0 Å².